The highest BCUT2D eigenvalue weighted by molar-refractivity contribution is 5.94. The normalized spacial score (nSPS) is 14.4. The number of piperidine rings is 1. The number of ether oxygens (including phenoxy) is 1. The number of nitrogens with zero attached hydrogens (tertiary/aromatic N) is 3. The second kappa shape index (κ2) is 9.57. The molecule has 0 unspecified atom stereocenters. The van der Waals surface area contributed by atoms with Gasteiger partial charge in [0.15, 0.2) is 0 Å². The number of hydrogen-bond donors (Lipinski definition) is 0. The van der Waals surface area contributed by atoms with Gasteiger partial charge in [-0.05, 0) is 69.0 Å². The highest BCUT2D eigenvalue weighted by atomic mass is 19.1. The van der Waals surface area contributed by atoms with E-state index in [4.69, 9.17) is 4.74 Å². The van der Waals surface area contributed by atoms with Crippen LogP contribution in [0.2, 0.25) is 0 Å². The van der Waals surface area contributed by atoms with Gasteiger partial charge in [0.25, 0.3) is 5.91 Å². The summed E-state index contributed by atoms with van der Waals surface area (Å²) in [6, 6.07) is 14.0. The van der Waals surface area contributed by atoms with E-state index in [9.17, 15) is 14.0 Å². The summed E-state index contributed by atoms with van der Waals surface area (Å²) < 4.78 is 21.3. The molecular formula is C26H28FN3O3. The van der Waals surface area contributed by atoms with Crippen LogP contribution >= 0.6 is 0 Å². The van der Waals surface area contributed by atoms with Crippen molar-refractivity contribution in [2.45, 2.75) is 33.6 Å². The average Bonchev–Trinajstić information content (AvgIpc) is 3.25. The van der Waals surface area contributed by atoms with E-state index in [1.54, 1.807) is 40.8 Å². The molecule has 0 atom stereocenters. The first-order valence-electron chi connectivity index (χ1n) is 11.3. The Labute approximate surface area is 193 Å². The molecule has 0 radical (unpaired) electrons. The molecule has 2 heterocycles. The van der Waals surface area contributed by atoms with Crippen molar-refractivity contribution in [3.8, 4) is 16.9 Å². The van der Waals surface area contributed by atoms with Gasteiger partial charge >= 0.3 is 5.97 Å². The van der Waals surface area contributed by atoms with Crippen LogP contribution in [0.3, 0.4) is 0 Å². The first kappa shape index (κ1) is 22.7. The average molecular weight is 450 g/mol. The third-order valence-electron chi connectivity index (χ3n) is 6.07. The van der Waals surface area contributed by atoms with Crippen LogP contribution in [0.5, 0.6) is 0 Å². The van der Waals surface area contributed by atoms with E-state index in [0.717, 1.165) is 16.8 Å². The Bertz CT molecular complexity index is 1180. The molecule has 0 aliphatic carbocycles. The van der Waals surface area contributed by atoms with Crippen LogP contribution in [0.25, 0.3) is 16.9 Å². The van der Waals surface area contributed by atoms with Gasteiger partial charge in [-0.25, -0.2) is 9.07 Å². The van der Waals surface area contributed by atoms with E-state index in [1.807, 2.05) is 32.0 Å². The van der Waals surface area contributed by atoms with E-state index in [1.165, 1.54) is 6.07 Å². The number of esters is 1. The predicted octanol–water partition coefficient (Wildman–Crippen LogP) is 4.71. The molecule has 1 aliphatic rings. The Morgan fingerprint density at radius 2 is 1.82 bits per heavy atom. The number of hydrogen-bond acceptors (Lipinski definition) is 4. The third-order valence-corrected chi connectivity index (χ3v) is 6.07. The zero-order valence-corrected chi connectivity index (χ0v) is 19.2. The fourth-order valence-electron chi connectivity index (χ4n) is 4.21. The molecule has 1 aliphatic heterocycles. The van der Waals surface area contributed by atoms with Crippen molar-refractivity contribution in [2.75, 3.05) is 19.7 Å². The zero-order chi connectivity index (χ0) is 23.5. The molecule has 3 aromatic rings. The maximum Gasteiger partial charge on any atom is 0.309 e. The van der Waals surface area contributed by atoms with Crippen molar-refractivity contribution in [1.29, 1.82) is 0 Å². The summed E-state index contributed by atoms with van der Waals surface area (Å²) in [5.41, 5.74) is 3.89. The van der Waals surface area contributed by atoms with E-state index in [0.29, 0.717) is 49.5 Å². The van der Waals surface area contributed by atoms with Crippen LogP contribution in [0.4, 0.5) is 4.39 Å². The fourth-order valence-corrected chi connectivity index (χ4v) is 4.21. The molecule has 1 saturated heterocycles. The SMILES string of the molecule is CCOC(=O)C1CCN(C(=O)c2cc(-c3ccccc3F)nn2-c2cc(C)ccc2C)CC1. The van der Waals surface area contributed by atoms with Gasteiger partial charge in [0.1, 0.15) is 11.5 Å². The molecule has 0 bridgehead atoms. The Morgan fingerprint density at radius 3 is 2.52 bits per heavy atom. The highest BCUT2D eigenvalue weighted by Gasteiger charge is 2.31. The van der Waals surface area contributed by atoms with Crippen LogP contribution in [-0.2, 0) is 9.53 Å². The second-order valence-corrected chi connectivity index (χ2v) is 8.41. The first-order chi connectivity index (χ1) is 15.9. The van der Waals surface area contributed by atoms with E-state index in [-0.39, 0.29) is 17.8 Å². The van der Waals surface area contributed by atoms with Crippen LogP contribution in [0.1, 0.15) is 41.4 Å². The summed E-state index contributed by atoms with van der Waals surface area (Å²) >= 11 is 0. The van der Waals surface area contributed by atoms with Gasteiger partial charge in [-0.15, -0.1) is 0 Å². The number of rotatable bonds is 5. The minimum atomic E-state index is -0.391. The Hall–Kier alpha value is -3.48. The molecule has 6 nitrogen and oxygen atoms in total. The zero-order valence-electron chi connectivity index (χ0n) is 19.2. The molecule has 2 aromatic carbocycles. The molecule has 1 amide bonds. The number of carbonyl (C=O) groups is 2. The summed E-state index contributed by atoms with van der Waals surface area (Å²) in [6.45, 7) is 6.98. The lowest BCUT2D eigenvalue weighted by molar-refractivity contribution is -0.149. The quantitative estimate of drug-likeness (QED) is 0.529. The number of carbonyl (C=O) groups excluding carboxylic acids is 2. The van der Waals surface area contributed by atoms with Crippen LogP contribution in [0, 0.1) is 25.6 Å². The number of aryl methyl sites for hydroxylation is 2. The van der Waals surface area contributed by atoms with Crippen molar-refractivity contribution in [3.63, 3.8) is 0 Å². The fraction of sp³-hybridized carbons (Fsp3) is 0.346. The second-order valence-electron chi connectivity index (χ2n) is 8.41. The number of likely N-dealkylation sites (tertiary alicyclic amines) is 1. The van der Waals surface area contributed by atoms with Crippen molar-refractivity contribution in [3.05, 3.63) is 71.2 Å². The van der Waals surface area contributed by atoms with Crippen molar-refractivity contribution in [2.24, 2.45) is 5.92 Å². The molecule has 0 saturated carbocycles. The minimum absolute atomic E-state index is 0.187. The third kappa shape index (κ3) is 4.67. The summed E-state index contributed by atoms with van der Waals surface area (Å²) in [4.78, 5) is 27.4. The molecule has 4 rings (SSSR count). The van der Waals surface area contributed by atoms with Crippen molar-refractivity contribution >= 4 is 11.9 Å². The van der Waals surface area contributed by atoms with Crippen LogP contribution < -0.4 is 0 Å². The molecule has 0 N–H and O–H groups in total. The molecule has 1 fully saturated rings. The molecular weight excluding hydrogens is 421 g/mol. The van der Waals surface area contributed by atoms with Gasteiger partial charge in [0, 0.05) is 18.7 Å². The number of halogens is 1. The molecule has 1 aromatic heterocycles. The van der Waals surface area contributed by atoms with Crippen molar-refractivity contribution in [1.82, 2.24) is 14.7 Å². The lowest BCUT2D eigenvalue weighted by Gasteiger charge is -2.31. The number of benzene rings is 2. The lowest BCUT2D eigenvalue weighted by Crippen LogP contribution is -2.41. The topological polar surface area (TPSA) is 64.4 Å². The highest BCUT2D eigenvalue weighted by Crippen LogP contribution is 2.28. The Balaban J connectivity index is 1.70. The van der Waals surface area contributed by atoms with Gasteiger partial charge in [-0.3, -0.25) is 9.59 Å². The minimum Gasteiger partial charge on any atom is -0.466 e. The largest absolute Gasteiger partial charge is 0.466 e. The maximum absolute atomic E-state index is 14.5. The van der Waals surface area contributed by atoms with Crippen LogP contribution in [-0.4, -0.2) is 46.3 Å². The molecule has 0 spiro atoms. The van der Waals surface area contributed by atoms with E-state index < -0.39 is 5.82 Å². The Kier molecular flexibility index (Phi) is 6.58. The lowest BCUT2D eigenvalue weighted by atomic mass is 9.97. The van der Waals surface area contributed by atoms with Gasteiger partial charge < -0.3 is 9.64 Å². The van der Waals surface area contributed by atoms with Gasteiger partial charge in [-0.1, -0.05) is 24.3 Å². The standard InChI is InChI=1S/C26H28FN3O3/c1-4-33-26(32)19-11-13-29(14-12-19)25(31)24-16-22(20-7-5-6-8-21(20)27)28-30(24)23-15-17(2)9-10-18(23)3/h5-10,15-16,19H,4,11-14H2,1-3H3. The summed E-state index contributed by atoms with van der Waals surface area (Å²) in [5, 5.41) is 4.65. The predicted molar refractivity (Wildman–Crippen MR) is 124 cm³/mol. The number of aromatic nitrogens is 2. The smallest absolute Gasteiger partial charge is 0.309 e. The summed E-state index contributed by atoms with van der Waals surface area (Å²) in [5.74, 6) is -0.968. The molecule has 33 heavy (non-hydrogen) atoms. The Morgan fingerprint density at radius 1 is 1.09 bits per heavy atom. The van der Waals surface area contributed by atoms with Gasteiger partial charge in [0.05, 0.1) is 23.9 Å². The van der Waals surface area contributed by atoms with E-state index in [2.05, 4.69) is 5.10 Å². The monoisotopic (exact) mass is 449 g/mol. The van der Waals surface area contributed by atoms with Crippen LogP contribution in [0.15, 0.2) is 48.5 Å². The first-order valence-corrected chi connectivity index (χ1v) is 11.3. The summed E-state index contributed by atoms with van der Waals surface area (Å²) in [7, 11) is 0. The molecule has 172 valence electrons. The summed E-state index contributed by atoms with van der Waals surface area (Å²) in [6.07, 6.45) is 1.12. The van der Waals surface area contributed by atoms with Crippen molar-refractivity contribution < 1.29 is 18.7 Å². The van der Waals surface area contributed by atoms with E-state index >= 15 is 0 Å². The maximum atomic E-state index is 14.5. The van der Waals surface area contributed by atoms with Gasteiger partial charge in [-0.2, -0.15) is 5.10 Å². The number of amides is 1. The molecule has 7 heteroatoms. The van der Waals surface area contributed by atoms with Gasteiger partial charge in [0.2, 0.25) is 0 Å².